The Bertz CT molecular complexity index is 1020. The van der Waals surface area contributed by atoms with Gasteiger partial charge in [-0.3, -0.25) is 9.59 Å². The predicted octanol–water partition coefficient (Wildman–Crippen LogP) is 5.06. The topological polar surface area (TPSA) is 34.1 Å². The Hall–Kier alpha value is -2.66. The Morgan fingerprint density at radius 1 is 0.929 bits per heavy atom. The predicted molar refractivity (Wildman–Crippen MR) is 111 cm³/mol. The van der Waals surface area contributed by atoms with Crippen molar-refractivity contribution >= 4 is 11.6 Å². The molecule has 1 aromatic rings. The average Bonchev–Trinajstić information content (AvgIpc) is 2.66. The van der Waals surface area contributed by atoms with Gasteiger partial charge in [0.15, 0.2) is 11.6 Å². The number of Topliss-reactive ketones (excluding diaryl/α,β-unsaturated/α-hetero) is 2. The van der Waals surface area contributed by atoms with E-state index in [9.17, 15) is 9.59 Å². The lowest BCUT2D eigenvalue weighted by molar-refractivity contribution is -0.146. The maximum Gasteiger partial charge on any atom is 0.183 e. The highest BCUT2D eigenvalue weighted by atomic mass is 16.1. The van der Waals surface area contributed by atoms with E-state index in [2.05, 4.69) is 24.8 Å². The van der Waals surface area contributed by atoms with Crippen LogP contribution in [0.5, 0.6) is 0 Å². The van der Waals surface area contributed by atoms with Crippen molar-refractivity contribution in [1.82, 2.24) is 0 Å². The smallest absolute Gasteiger partial charge is 0.183 e. The molecule has 1 aromatic carbocycles. The van der Waals surface area contributed by atoms with Crippen molar-refractivity contribution in [3.8, 4) is 11.8 Å². The van der Waals surface area contributed by atoms with Crippen molar-refractivity contribution in [2.24, 2.45) is 22.2 Å². The molecule has 0 radical (unpaired) electrons. The first kappa shape index (κ1) is 18.7. The zero-order valence-corrected chi connectivity index (χ0v) is 17.2. The van der Waals surface area contributed by atoms with E-state index in [4.69, 9.17) is 0 Å². The van der Waals surface area contributed by atoms with Crippen LogP contribution in [0.15, 0.2) is 65.3 Å². The second-order valence-corrected chi connectivity index (χ2v) is 9.02. The van der Waals surface area contributed by atoms with Crippen LogP contribution >= 0.6 is 0 Å². The standard InChI is InChI=1S/C26H26O2/c1-17-13-25(5)23(28)24(4,12-11-20-9-7-6-8-10-20)21(17)16-26(25)14-18(2)22(27)19(3)15-26/h6-10,13-15,21H,16H2,1-5H3. The SMILES string of the molecule is CC1=CC2(C=C(C)C1=O)CC1C(C)=CC2(C)C(=O)C1(C)C#Cc1ccccc1. The number of benzene rings is 1. The van der Waals surface area contributed by atoms with Crippen molar-refractivity contribution in [1.29, 1.82) is 0 Å². The minimum absolute atomic E-state index is 0.0411. The minimum atomic E-state index is -0.723. The highest BCUT2D eigenvalue weighted by Gasteiger charge is 2.65. The molecule has 2 bridgehead atoms. The quantitative estimate of drug-likeness (QED) is 0.472. The van der Waals surface area contributed by atoms with Crippen molar-refractivity contribution in [2.45, 2.75) is 41.0 Å². The lowest BCUT2D eigenvalue weighted by Gasteiger charge is -2.59. The van der Waals surface area contributed by atoms with Crippen molar-refractivity contribution in [3.63, 3.8) is 0 Å². The van der Waals surface area contributed by atoms with Gasteiger partial charge in [0.25, 0.3) is 0 Å². The van der Waals surface area contributed by atoms with Crippen molar-refractivity contribution < 1.29 is 9.59 Å². The Kier molecular flexibility index (Phi) is 3.95. The first-order valence-corrected chi connectivity index (χ1v) is 9.89. The molecule has 1 fully saturated rings. The van der Waals surface area contributed by atoms with Gasteiger partial charge in [-0.1, -0.05) is 53.8 Å². The molecule has 0 saturated heterocycles. The van der Waals surface area contributed by atoms with Gasteiger partial charge in [-0.05, 0) is 64.3 Å². The van der Waals surface area contributed by atoms with E-state index in [1.807, 2.05) is 70.2 Å². The van der Waals surface area contributed by atoms with Gasteiger partial charge in [0, 0.05) is 16.9 Å². The van der Waals surface area contributed by atoms with Gasteiger partial charge >= 0.3 is 0 Å². The summed E-state index contributed by atoms with van der Waals surface area (Å²) in [6, 6.07) is 9.83. The van der Waals surface area contributed by atoms with Crippen molar-refractivity contribution in [3.05, 3.63) is 70.8 Å². The van der Waals surface area contributed by atoms with Crippen LogP contribution in [0, 0.1) is 34.0 Å². The summed E-state index contributed by atoms with van der Waals surface area (Å²) in [6.07, 6.45) is 7.03. The summed E-state index contributed by atoms with van der Waals surface area (Å²) in [5.41, 5.74) is 1.77. The molecule has 3 unspecified atom stereocenters. The van der Waals surface area contributed by atoms with Gasteiger partial charge in [-0.2, -0.15) is 0 Å². The fraction of sp³-hybridized carbons (Fsp3) is 0.385. The number of fused-ring (bicyclic) bond motifs is 1. The highest BCUT2D eigenvalue weighted by molar-refractivity contribution is 6.09. The summed E-state index contributed by atoms with van der Waals surface area (Å²) in [5.74, 6) is 6.88. The van der Waals surface area contributed by atoms with Gasteiger partial charge in [-0.15, -0.1) is 0 Å². The molecule has 0 amide bonds. The Morgan fingerprint density at radius 3 is 2.14 bits per heavy atom. The third-order valence-corrected chi connectivity index (χ3v) is 7.12. The maximum absolute atomic E-state index is 13.9. The fourth-order valence-electron chi connectivity index (χ4n) is 5.58. The largest absolute Gasteiger partial charge is 0.297 e. The molecule has 3 atom stereocenters. The van der Waals surface area contributed by atoms with E-state index >= 15 is 0 Å². The third kappa shape index (κ3) is 2.35. The number of allylic oxidation sites excluding steroid dienone is 6. The first-order chi connectivity index (χ1) is 13.1. The maximum atomic E-state index is 13.9. The number of rotatable bonds is 0. The lowest BCUT2D eigenvalue weighted by Crippen LogP contribution is -2.61. The summed E-state index contributed by atoms with van der Waals surface area (Å²) < 4.78 is 0. The molecular formula is C26H26O2. The van der Waals surface area contributed by atoms with Crippen LogP contribution in [0.1, 0.15) is 46.6 Å². The Labute approximate surface area is 167 Å². The number of hydrogen-bond donors (Lipinski definition) is 0. The highest BCUT2D eigenvalue weighted by Crippen LogP contribution is 2.65. The van der Waals surface area contributed by atoms with E-state index in [0.717, 1.165) is 23.1 Å². The molecule has 0 N–H and O–H groups in total. The van der Waals surface area contributed by atoms with Crippen LogP contribution in [0.2, 0.25) is 0 Å². The van der Waals surface area contributed by atoms with E-state index in [-0.39, 0.29) is 17.5 Å². The van der Waals surface area contributed by atoms with Crippen LogP contribution in [0.4, 0.5) is 0 Å². The van der Waals surface area contributed by atoms with Crippen LogP contribution in [0.25, 0.3) is 0 Å². The number of ketones is 2. The summed E-state index contributed by atoms with van der Waals surface area (Å²) in [7, 11) is 0. The summed E-state index contributed by atoms with van der Waals surface area (Å²) >= 11 is 0. The lowest BCUT2D eigenvalue weighted by atomic mass is 9.41. The zero-order chi connectivity index (χ0) is 20.3. The number of hydrogen-bond acceptors (Lipinski definition) is 2. The molecule has 0 aliphatic heterocycles. The fourth-order valence-corrected chi connectivity index (χ4v) is 5.58. The van der Waals surface area contributed by atoms with E-state index in [1.165, 1.54) is 5.57 Å². The first-order valence-electron chi connectivity index (χ1n) is 9.89. The molecular weight excluding hydrogens is 344 g/mol. The summed E-state index contributed by atoms with van der Waals surface area (Å²) in [4.78, 5) is 26.2. The minimum Gasteiger partial charge on any atom is -0.297 e. The second-order valence-electron chi connectivity index (χ2n) is 9.02. The molecule has 5 rings (SSSR count). The summed E-state index contributed by atoms with van der Waals surface area (Å²) in [5, 5.41) is 0. The van der Waals surface area contributed by atoms with E-state index in [0.29, 0.717) is 0 Å². The Balaban J connectivity index is 1.85. The van der Waals surface area contributed by atoms with Crippen LogP contribution in [0.3, 0.4) is 0 Å². The van der Waals surface area contributed by atoms with E-state index < -0.39 is 16.2 Å². The molecule has 2 heteroatoms. The zero-order valence-electron chi connectivity index (χ0n) is 17.2. The van der Waals surface area contributed by atoms with Crippen LogP contribution in [-0.4, -0.2) is 11.6 Å². The molecule has 4 aliphatic carbocycles. The molecule has 28 heavy (non-hydrogen) atoms. The van der Waals surface area contributed by atoms with Crippen LogP contribution in [-0.2, 0) is 9.59 Å². The van der Waals surface area contributed by atoms with E-state index in [1.54, 1.807) is 0 Å². The van der Waals surface area contributed by atoms with Gasteiger partial charge in [-0.25, -0.2) is 0 Å². The second kappa shape index (κ2) is 5.92. The molecule has 0 heterocycles. The molecule has 2 nitrogen and oxygen atoms in total. The summed E-state index contributed by atoms with van der Waals surface area (Å²) in [6.45, 7) is 9.87. The van der Waals surface area contributed by atoms with Gasteiger partial charge in [0.05, 0.1) is 10.8 Å². The van der Waals surface area contributed by atoms with Gasteiger partial charge in [0.2, 0.25) is 0 Å². The third-order valence-electron chi connectivity index (χ3n) is 7.12. The Morgan fingerprint density at radius 2 is 1.54 bits per heavy atom. The van der Waals surface area contributed by atoms with Gasteiger partial charge < -0.3 is 0 Å². The molecule has 1 spiro atoms. The van der Waals surface area contributed by atoms with Crippen LogP contribution < -0.4 is 0 Å². The molecule has 142 valence electrons. The normalized spacial score (nSPS) is 33.0. The number of carbonyl (C=O) groups is 2. The van der Waals surface area contributed by atoms with Gasteiger partial charge in [0.1, 0.15) is 0 Å². The average molecular weight is 370 g/mol. The molecule has 1 saturated carbocycles. The molecule has 4 aliphatic rings. The monoisotopic (exact) mass is 370 g/mol. The number of carbonyl (C=O) groups excluding carboxylic acids is 2. The van der Waals surface area contributed by atoms with Crippen molar-refractivity contribution in [2.75, 3.05) is 0 Å². The molecule has 0 aromatic heterocycles.